The molecule has 1 amide bonds. The fourth-order valence-corrected chi connectivity index (χ4v) is 3.64. The van der Waals surface area contributed by atoms with Gasteiger partial charge in [-0.05, 0) is 36.6 Å². The highest BCUT2D eigenvalue weighted by atomic mass is 35.5. The first-order valence-electron chi connectivity index (χ1n) is 7.10. The third kappa shape index (κ3) is 3.90. The van der Waals surface area contributed by atoms with Crippen molar-refractivity contribution in [2.45, 2.75) is 49.6 Å². The molecule has 1 aromatic carbocycles. The fourth-order valence-electron chi connectivity index (χ4n) is 2.35. The van der Waals surface area contributed by atoms with Gasteiger partial charge < -0.3 is 11.1 Å². The molecule has 0 aromatic heterocycles. The second-order valence-electron chi connectivity index (χ2n) is 5.13. The van der Waals surface area contributed by atoms with Gasteiger partial charge in [0.25, 0.3) is 0 Å². The monoisotopic (exact) mass is 312 g/mol. The van der Waals surface area contributed by atoms with Crippen LogP contribution in [0.4, 0.5) is 0 Å². The highest BCUT2D eigenvalue weighted by Crippen LogP contribution is 2.37. The lowest BCUT2D eigenvalue weighted by Crippen LogP contribution is -2.42. The van der Waals surface area contributed by atoms with E-state index in [1.54, 1.807) is 0 Å². The molecule has 3 N–H and O–H groups in total. The lowest BCUT2D eigenvalue weighted by atomic mass is 10.0. The molecular weight excluding hydrogens is 292 g/mol. The van der Waals surface area contributed by atoms with E-state index in [0.29, 0.717) is 5.02 Å². The minimum atomic E-state index is -0.410. The van der Waals surface area contributed by atoms with E-state index in [1.807, 2.05) is 30.0 Å². The quantitative estimate of drug-likeness (QED) is 0.874. The molecule has 1 aliphatic rings. The highest BCUT2D eigenvalue weighted by molar-refractivity contribution is 7.99. The van der Waals surface area contributed by atoms with Gasteiger partial charge in [0, 0.05) is 15.7 Å². The van der Waals surface area contributed by atoms with E-state index < -0.39 is 6.04 Å². The van der Waals surface area contributed by atoms with Crippen LogP contribution in [0.5, 0.6) is 0 Å². The average Bonchev–Trinajstić information content (AvgIpc) is 2.45. The standard InChI is InChI=1S/C15H21ClN2OS/c1-2-3-4-12(17)15(19)18-13-7-8-20-14-6-5-10(16)9-11(13)14/h5-6,9,12-13H,2-4,7-8,17H2,1H3,(H,18,19)/t12-,13?/m0/s1. The molecule has 3 nitrogen and oxygen atoms in total. The molecule has 5 heteroatoms. The van der Waals surface area contributed by atoms with Gasteiger partial charge in [-0.15, -0.1) is 11.8 Å². The second kappa shape index (κ2) is 7.34. The molecular formula is C15H21ClN2OS. The molecule has 0 aliphatic carbocycles. The Balaban J connectivity index is 2.04. The molecule has 1 aromatic rings. The Morgan fingerprint density at radius 1 is 1.60 bits per heavy atom. The van der Waals surface area contributed by atoms with Crippen LogP contribution in [-0.4, -0.2) is 17.7 Å². The van der Waals surface area contributed by atoms with Gasteiger partial charge in [0.05, 0.1) is 12.1 Å². The van der Waals surface area contributed by atoms with Gasteiger partial charge >= 0.3 is 0 Å². The molecule has 20 heavy (non-hydrogen) atoms. The van der Waals surface area contributed by atoms with Crippen molar-refractivity contribution < 1.29 is 4.79 Å². The first kappa shape index (κ1) is 15.7. The van der Waals surface area contributed by atoms with Crippen molar-refractivity contribution in [2.75, 3.05) is 5.75 Å². The van der Waals surface area contributed by atoms with E-state index in [4.69, 9.17) is 17.3 Å². The number of hydrogen-bond acceptors (Lipinski definition) is 3. The van der Waals surface area contributed by atoms with Crippen molar-refractivity contribution >= 4 is 29.3 Å². The zero-order chi connectivity index (χ0) is 14.5. The van der Waals surface area contributed by atoms with Gasteiger partial charge in [-0.2, -0.15) is 0 Å². The second-order valence-corrected chi connectivity index (χ2v) is 6.70. The summed E-state index contributed by atoms with van der Waals surface area (Å²) in [4.78, 5) is 13.3. The maximum Gasteiger partial charge on any atom is 0.237 e. The number of carbonyl (C=O) groups excluding carboxylic acids is 1. The van der Waals surface area contributed by atoms with Crippen LogP contribution in [0, 0.1) is 0 Å². The summed E-state index contributed by atoms with van der Waals surface area (Å²) in [5.41, 5.74) is 7.04. The van der Waals surface area contributed by atoms with Crippen LogP contribution in [0.2, 0.25) is 5.02 Å². The molecule has 110 valence electrons. The Labute approximate surface area is 129 Å². The van der Waals surface area contributed by atoms with Crippen LogP contribution in [0.25, 0.3) is 0 Å². The molecule has 1 heterocycles. The van der Waals surface area contributed by atoms with E-state index >= 15 is 0 Å². The molecule has 0 bridgehead atoms. The predicted molar refractivity (Wildman–Crippen MR) is 85.2 cm³/mol. The number of halogens is 1. The zero-order valence-electron chi connectivity index (χ0n) is 11.7. The fraction of sp³-hybridized carbons (Fsp3) is 0.533. The van der Waals surface area contributed by atoms with Crippen LogP contribution in [0.1, 0.15) is 44.2 Å². The molecule has 0 saturated carbocycles. The number of amides is 1. The molecule has 2 rings (SSSR count). The minimum absolute atomic E-state index is 0.0325. The van der Waals surface area contributed by atoms with Crippen LogP contribution >= 0.6 is 23.4 Å². The molecule has 0 spiro atoms. The van der Waals surface area contributed by atoms with Gasteiger partial charge in [-0.1, -0.05) is 31.4 Å². The summed E-state index contributed by atoms with van der Waals surface area (Å²) >= 11 is 7.87. The number of hydrogen-bond donors (Lipinski definition) is 2. The Bertz CT molecular complexity index is 481. The molecule has 2 atom stereocenters. The SMILES string of the molecule is CCCC[C@H](N)C(=O)NC1CCSc2ccc(Cl)cc21. The van der Waals surface area contributed by atoms with E-state index in [9.17, 15) is 4.79 Å². The normalized spacial score (nSPS) is 19.2. The predicted octanol–water partition coefficient (Wildman–Crippen LogP) is 3.51. The van der Waals surface area contributed by atoms with E-state index in [0.717, 1.165) is 37.0 Å². The molecule has 0 fully saturated rings. The van der Waals surface area contributed by atoms with Crippen LogP contribution in [0.15, 0.2) is 23.1 Å². The van der Waals surface area contributed by atoms with Crippen LogP contribution in [-0.2, 0) is 4.79 Å². The average molecular weight is 313 g/mol. The van der Waals surface area contributed by atoms with Crippen LogP contribution in [0.3, 0.4) is 0 Å². The van der Waals surface area contributed by atoms with Crippen molar-refractivity contribution in [3.05, 3.63) is 28.8 Å². The Kier molecular flexibility index (Phi) is 5.75. The highest BCUT2D eigenvalue weighted by Gasteiger charge is 2.24. The first-order valence-corrected chi connectivity index (χ1v) is 8.46. The molecule has 1 unspecified atom stereocenters. The number of carbonyl (C=O) groups is 1. The van der Waals surface area contributed by atoms with E-state index in [-0.39, 0.29) is 11.9 Å². The summed E-state index contributed by atoms with van der Waals surface area (Å²) in [6.45, 7) is 2.10. The Morgan fingerprint density at radius 2 is 2.40 bits per heavy atom. The van der Waals surface area contributed by atoms with Crippen molar-refractivity contribution in [1.29, 1.82) is 0 Å². The van der Waals surface area contributed by atoms with Gasteiger partial charge in [-0.25, -0.2) is 0 Å². The summed E-state index contributed by atoms with van der Waals surface area (Å²) < 4.78 is 0. The number of unbranched alkanes of at least 4 members (excludes halogenated alkanes) is 1. The van der Waals surface area contributed by atoms with E-state index in [1.165, 1.54) is 4.90 Å². The summed E-state index contributed by atoms with van der Waals surface area (Å²) in [5, 5.41) is 3.78. The number of rotatable bonds is 5. The number of benzene rings is 1. The minimum Gasteiger partial charge on any atom is -0.348 e. The van der Waals surface area contributed by atoms with Crippen molar-refractivity contribution in [1.82, 2.24) is 5.32 Å². The van der Waals surface area contributed by atoms with Crippen molar-refractivity contribution in [3.8, 4) is 0 Å². The summed E-state index contributed by atoms with van der Waals surface area (Å²) in [6.07, 6.45) is 3.70. The van der Waals surface area contributed by atoms with Gasteiger partial charge in [0.15, 0.2) is 0 Å². The maximum absolute atomic E-state index is 12.1. The first-order chi connectivity index (χ1) is 9.61. The Hall–Kier alpha value is -0.710. The van der Waals surface area contributed by atoms with Gasteiger partial charge in [0.1, 0.15) is 0 Å². The van der Waals surface area contributed by atoms with Gasteiger partial charge in [0.2, 0.25) is 5.91 Å². The Morgan fingerprint density at radius 3 is 3.15 bits per heavy atom. The van der Waals surface area contributed by atoms with E-state index in [2.05, 4.69) is 12.2 Å². The lowest BCUT2D eigenvalue weighted by molar-refractivity contribution is -0.123. The third-order valence-electron chi connectivity index (χ3n) is 3.53. The van der Waals surface area contributed by atoms with Crippen LogP contribution < -0.4 is 11.1 Å². The van der Waals surface area contributed by atoms with Gasteiger partial charge in [-0.3, -0.25) is 4.79 Å². The summed E-state index contributed by atoms with van der Waals surface area (Å²) in [7, 11) is 0. The third-order valence-corrected chi connectivity index (χ3v) is 4.89. The lowest BCUT2D eigenvalue weighted by Gasteiger charge is -2.27. The number of fused-ring (bicyclic) bond motifs is 1. The topological polar surface area (TPSA) is 55.1 Å². The smallest absolute Gasteiger partial charge is 0.237 e. The number of thioether (sulfide) groups is 1. The molecule has 0 saturated heterocycles. The number of nitrogens with two attached hydrogens (primary N) is 1. The van der Waals surface area contributed by atoms with Crippen molar-refractivity contribution in [2.24, 2.45) is 5.73 Å². The van der Waals surface area contributed by atoms with Crippen molar-refractivity contribution in [3.63, 3.8) is 0 Å². The summed E-state index contributed by atoms with van der Waals surface area (Å²) in [5.74, 6) is 0.949. The molecule has 1 aliphatic heterocycles. The molecule has 0 radical (unpaired) electrons. The zero-order valence-corrected chi connectivity index (χ0v) is 13.3. The maximum atomic E-state index is 12.1. The largest absolute Gasteiger partial charge is 0.348 e. The summed E-state index contributed by atoms with van der Waals surface area (Å²) in [6, 6.07) is 5.49. The number of nitrogens with one attached hydrogen (secondary N) is 1.